The van der Waals surface area contributed by atoms with Gasteiger partial charge in [-0.15, -0.1) is 0 Å². The molecule has 1 aliphatic heterocycles. The van der Waals surface area contributed by atoms with Crippen LogP contribution < -0.4 is 21.8 Å². The minimum atomic E-state index is 0.341. The zero-order valence-corrected chi connectivity index (χ0v) is 22.1. The van der Waals surface area contributed by atoms with E-state index in [2.05, 4.69) is 32.6 Å². The summed E-state index contributed by atoms with van der Waals surface area (Å²) in [5, 5.41) is 8.70. The predicted octanol–water partition coefficient (Wildman–Crippen LogP) is 4.30. The van der Waals surface area contributed by atoms with Crippen LogP contribution in [0.25, 0.3) is 11.2 Å². The van der Waals surface area contributed by atoms with E-state index in [4.69, 9.17) is 20.7 Å². The molecule has 196 valence electrons. The third kappa shape index (κ3) is 6.83. The van der Waals surface area contributed by atoms with E-state index in [0.717, 1.165) is 67.6 Å². The number of rotatable bonds is 7. The summed E-state index contributed by atoms with van der Waals surface area (Å²) in [6.07, 6.45) is 16.4. The lowest BCUT2D eigenvalue weighted by molar-refractivity contribution is 0.209. The first-order chi connectivity index (χ1) is 17.1. The van der Waals surface area contributed by atoms with Gasteiger partial charge in [0.1, 0.15) is 0 Å². The Morgan fingerprint density at radius 2 is 1.66 bits per heavy atom. The molecule has 3 heterocycles. The van der Waals surface area contributed by atoms with E-state index in [0.29, 0.717) is 18.1 Å². The van der Waals surface area contributed by atoms with Crippen molar-refractivity contribution in [3.05, 3.63) is 6.33 Å². The average molecular weight is 486 g/mol. The maximum Gasteiger partial charge on any atom is 0.227 e. The van der Waals surface area contributed by atoms with E-state index in [1.807, 2.05) is 20.4 Å². The number of nitrogens with two attached hydrogens (primary N) is 1. The Kier molecular flexibility index (Phi) is 9.57. The highest BCUT2D eigenvalue weighted by atomic mass is 15.5. The molecule has 0 radical (unpaired) electrons. The largest absolute Gasteiger partial charge is 0.351 e. The second-order valence-electron chi connectivity index (χ2n) is 10.7. The molecule has 2 aliphatic carbocycles. The lowest BCUT2D eigenvalue weighted by Gasteiger charge is -2.32. The van der Waals surface area contributed by atoms with Crippen molar-refractivity contribution in [2.45, 2.75) is 102 Å². The van der Waals surface area contributed by atoms with Gasteiger partial charge in [0.15, 0.2) is 17.0 Å². The topological polar surface area (TPSA) is 109 Å². The molecule has 0 unspecified atom stereocenters. The van der Waals surface area contributed by atoms with Crippen LogP contribution in [-0.4, -0.2) is 63.8 Å². The molecule has 1 saturated heterocycles. The first kappa shape index (κ1) is 26.1. The number of hydrazine groups is 1. The van der Waals surface area contributed by atoms with Crippen molar-refractivity contribution in [2.24, 2.45) is 11.7 Å². The van der Waals surface area contributed by atoms with E-state index in [-0.39, 0.29) is 0 Å². The van der Waals surface area contributed by atoms with E-state index in [1.54, 1.807) is 0 Å². The lowest BCUT2D eigenvalue weighted by Crippen LogP contribution is -2.38. The third-order valence-corrected chi connectivity index (χ3v) is 7.82. The van der Waals surface area contributed by atoms with Gasteiger partial charge >= 0.3 is 0 Å². The number of imidazole rings is 1. The number of nitrogens with zero attached hydrogens (tertiary/aromatic N) is 5. The summed E-state index contributed by atoms with van der Waals surface area (Å²) in [5.74, 6) is 2.43. The molecule has 35 heavy (non-hydrogen) atoms. The van der Waals surface area contributed by atoms with Crippen LogP contribution in [0.2, 0.25) is 0 Å². The van der Waals surface area contributed by atoms with Crippen molar-refractivity contribution in [3.8, 4) is 0 Å². The minimum absolute atomic E-state index is 0.341. The van der Waals surface area contributed by atoms with Crippen LogP contribution >= 0.6 is 0 Å². The van der Waals surface area contributed by atoms with Crippen LogP contribution in [-0.2, 0) is 0 Å². The first-order valence-electron chi connectivity index (χ1n) is 14.0. The fraction of sp³-hybridized carbons (Fsp3) is 0.808. The Balaban J connectivity index is 0.000000917. The smallest absolute Gasteiger partial charge is 0.227 e. The molecule has 2 saturated carbocycles. The van der Waals surface area contributed by atoms with Gasteiger partial charge in [-0.25, -0.2) is 9.99 Å². The summed E-state index contributed by atoms with van der Waals surface area (Å²) in [6, 6.07) is 1.24. The van der Waals surface area contributed by atoms with Crippen LogP contribution in [0.15, 0.2) is 6.33 Å². The van der Waals surface area contributed by atoms with Crippen molar-refractivity contribution >= 4 is 22.9 Å². The molecule has 9 heteroatoms. The molecule has 3 fully saturated rings. The second-order valence-corrected chi connectivity index (χ2v) is 10.7. The summed E-state index contributed by atoms with van der Waals surface area (Å²) in [7, 11) is 3.75. The number of nitrogens with one attached hydrogen (secondary N) is 3. The zero-order chi connectivity index (χ0) is 24.6. The SMILES string of the molecule is CCCC1CCN(Nc2nc(NC3CCC(N)CC3)nc3c2ncn3C2CCCC2)CC1.CNC. The number of piperidine rings is 1. The Bertz CT molecular complexity index is 892. The highest BCUT2D eigenvalue weighted by molar-refractivity contribution is 5.84. The van der Waals surface area contributed by atoms with Crippen molar-refractivity contribution in [2.75, 3.05) is 37.9 Å². The normalized spacial score (nSPS) is 24.3. The minimum Gasteiger partial charge on any atom is -0.351 e. The Hall–Kier alpha value is -1.97. The molecule has 0 bridgehead atoms. The number of hydrogen-bond donors (Lipinski definition) is 4. The van der Waals surface area contributed by atoms with Gasteiger partial charge in [0.05, 0.1) is 6.33 Å². The van der Waals surface area contributed by atoms with Crippen LogP contribution in [0.4, 0.5) is 11.8 Å². The van der Waals surface area contributed by atoms with Crippen molar-refractivity contribution in [1.29, 1.82) is 0 Å². The van der Waals surface area contributed by atoms with Gasteiger partial charge in [-0.05, 0) is 71.4 Å². The fourth-order valence-corrected chi connectivity index (χ4v) is 5.85. The molecular weight excluding hydrogens is 438 g/mol. The first-order valence-corrected chi connectivity index (χ1v) is 14.0. The summed E-state index contributed by atoms with van der Waals surface area (Å²) in [5.41, 5.74) is 11.6. The second kappa shape index (κ2) is 12.8. The standard InChI is InChI=1S/C24H40N8.C2H7N/c1-2-5-17-12-14-31(15-13-17)30-22-21-23(32(16-26-21)20-6-3-4-7-20)29-24(28-22)27-19-10-8-18(25)9-11-19;1-3-2/h16-20H,2-15,25H2,1H3,(H2,27,28,29,30);3H,1-2H3. The summed E-state index contributed by atoms with van der Waals surface area (Å²) < 4.78 is 2.30. The Labute approximate surface area is 211 Å². The Morgan fingerprint density at radius 3 is 2.31 bits per heavy atom. The molecule has 5 N–H and O–H groups in total. The summed E-state index contributed by atoms with van der Waals surface area (Å²) in [6.45, 7) is 4.41. The molecule has 3 aliphatic rings. The number of fused-ring (bicyclic) bond motifs is 1. The molecule has 0 aromatic carbocycles. The number of aromatic nitrogens is 4. The Morgan fingerprint density at radius 1 is 0.971 bits per heavy atom. The molecule has 9 nitrogen and oxygen atoms in total. The summed E-state index contributed by atoms with van der Waals surface area (Å²) >= 11 is 0. The molecular formula is C26H47N9. The molecule has 2 aromatic heterocycles. The maximum absolute atomic E-state index is 6.11. The van der Waals surface area contributed by atoms with Gasteiger partial charge in [0, 0.05) is 31.2 Å². The van der Waals surface area contributed by atoms with E-state index < -0.39 is 0 Å². The van der Waals surface area contributed by atoms with Crippen LogP contribution in [0.3, 0.4) is 0 Å². The van der Waals surface area contributed by atoms with Gasteiger partial charge in [-0.3, -0.25) is 0 Å². The lowest BCUT2D eigenvalue weighted by atomic mass is 9.92. The molecule has 0 spiro atoms. The monoisotopic (exact) mass is 485 g/mol. The third-order valence-electron chi connectivity index (χ3n) is 7.82. The van der Waals surface area contributed by atoms with Gasteiger partial charge < -0.3 is 26.4 Å². The zero-order valence-electron chi connectivity index (χ0n) is 22.1. The number of anilines is 2. The molecule has 0 amide bonds. The average Bonchev–Trinajstić information content (AvgIpc) is 3.53. The fourth-order valence-electron chi connectivity index (χ4n) is 5.85. The van der Waals surface area contributed by atoms with Gasteiger partial charge in [0.2, 0.25) is 5.95 Å². The molecule has 0 atom stereocenters. The molecule has 5 rings (SSSR count). The van der Waals surface area contributed by atoms with E-state index >= 15 is 0 Å². The highest BCUT2D eigenvalue weighted by Crippen LogP contribution is 2.33. The van der Waals surface area contributed by atoms with Gasteiger partial charge in [-0.1, -0.05) is 32.6 Å². The van der Waals surface area contributed by atoms with Crippen molar-refractivity contribution in [3.63, 3.8) is 0 Å². The number of hydrogen-bond acceptors (Lipinski definition) is 8. The highest BCUT2D eigenvalue weighted by Gasteiger charge is 2.25. The van der Waals surface area contributed by atoms with Crippen LogP contribution in [0.1, 0.15) is 90.0 Å². The van der Waals surface area contributed by atoms with Crippen molar-refractivity contribution in [1.82, 2.24) is 29.8 Å². The summed E-state index contributed by atoms with van der Waals surface area (Å²) in [4.78, 5) is 14.7. The van der Waals surface area contributed by atoms with Gasteiger partial charge in [0.25, 0.3) is 0 Å². The van der Waals surface area contributed by atoms with E-state index in [1.165, 1.54) is 51.4 Å². The van der Waals surface area contributed by atoms with Crippen LogP contribution in [0.5, 0.6) is 0 Å². The quantitative estimate of drug-likeness (QED) is 0.460. The van der Waals surface area contributed by atoms with E-state index in [9.17, 15) is 0 Å². The molecule has 2 aromatic rings. The van der Waals surface area contributed by atoms with Gasteiger partial charge in [-0.2, -0.15) is 9.97 Å². The maximum atomic E-state index is 6.11. The van der Waals surface area contributed by atoms with Crippen molar-refractivity contribution < 1.29 is 0 Å². The van der Waals surface area contributed by atoms with Crippen LogP contribution in [0, 0.1) is 5.92 Å². The predicted molar refractivity (Wildman–Crippen MR) is 144 cm³/mol.